The number of hydrogen-bond donors (Lipinski definition) is 1. The molecule has 0 amide bonds. The summed E-state index contributed by atoms with van der Waals surface area (Å²) in [6.45, 7) is 1.30. The van der Waals surface area contributed by atoms with E-state index in [0.29, 0.717) is 34.2 Å². The Labute approximate surface area is 163 Å². The maximum absolute atomic E-state index is 9.26. The number of aliphatic hydroxyl groups is 1. The maximum Gasteiger partial charge on any atom is 0.164 e. The summed E-state index contributed by atoms with van der Waals surface area (Å²) in [7, 11) is 1.83. The van der Waals surface area contributed by atoms with E-state index in [1.165, 1.54) is 6.33 Å². The molecule has 0 saturated carbocycles. The van der Waals surface area contributed by atoms with Crippen molar-refractivity contribution in [2.45, 2.75) is 13.0 Å². The third kappa shape index (κ3) is 3.89. The van der Waals surface area contributed by atoms with E-state index in [0.717, 1.165) is 22.4 Å². The zero-order valence-electron chi connectivity index (χ0n) is 13.5. The van der Waals surface area contributed by atoms with Crippen LogP contribution in [0.25, 0.3) is 11.0 Å². The topological polar surface area (TPSA) is 67.1 Å². The largest absolute Gasteiger partial charge is 0.396 e. The van der Waals surface area contributed by atoms with Gasteiger partial charge in [0.1, 0.15) is 16.7 Å². The normalized spacial score (nSPS) is 11.2. The zero-order chi connectivity index (χ0) is 18.0. The predicted molar refractivity (Wildman–Crippen MR) is 103 cm³/mol. The minimum absolute atomic E-state index is 0.0975. The lowest BCUT2D eigenvalue weighted by molar-refractivity contribution is 0.289. The van der Waals surface area contributed by atoms with Crippen LogP contribution in [-0.4, -0.2) is 38.0 Å². The summed E-state index contributed by atoms with van der Waals surface area (Å²) in [5.74, 6) is 0.754. The molecular weight excluding hydrogens is 429 g/mol. The van der Waals surface area contributed by atoms with Crippen LogP contribution in [0.5, 0.6) is 0 Å². The summed E-state index contributed by atoms with van der Waals surface area (Å²) in [6.07, 6.45) is 2.14. The number of aromatic nitrogens is 4. The maximum atomic E-state index is 9.26. The van der Waals surface area contributed by atoms with E-state index < -0.39 is 0 Å². The first kappa shape index (κ1) is 18.4. The fraction of sp³-hybridized carbons (Fsp3) is 0.312. The third-order valence-corrected chi connectivity index (χ3v) is 5.10. The van der Waals surface area contributed by atoms with Gasteiger partial charge in [0.15, 0.2) is 5.65 Å². The number of rotatable bonds is 6. The Kier molecular flexibility index (Phi) is 5.78. The molecule has 3 rings (SSSR count). The molecule has 25 heavy (non-hydrogen) atoms. The van der Waals surface area contributed by atoms with E-state index in [9.17, 15) is 5.11 Å². The van der Waals surface area contributed by atoms with Crippen molar-refractivity contribution in [3.05, 3.63) is 44.7 Å². The van der Waals surface area contributed by atoms with Gasteiger partial charge in [0, 0.05) is 26.7 Å². The summed E-state index contributed by atoms with van der Waals surface area (Å²) in [5, 5.41) is 15.5. The molecule has 6 nitrogen and oxygen atoms in total. The van der Waals surface area contributed by atoms with Crippen LogP contribution in [0.2, 0.25) is 10.0 Å². The highest BCUT2D eigenvalue weighted by Gasteiger charge is 2.19. The molecule has 132 valence electrons. The number of aryl methyl sites for hydroxylation is 1. The molecule has 0 saturated heterocycles. The summed E-state index contributed by atoms with van der Waals surface area (Å²) < 4.78 is 2.39. The summed E-state index contributed by atoms with van der Waals surface area (Å²) in [6, 6.07) is 5.54. The fourth-order valence-electron chi connectivity index (χ4n) is 2.65. The molecule has 0 fully saturated rings. The number of aliphatic hydroxyl groups excluding tert-OH is 1. The monoisotopic (exact) mass is 443 g/mol. The first-order chi connectivity index (χ1) is 12.0. The van der Waals surface area contributed by atoms with Gasteiger partial charge >= 0.3 is 0 Å². The molecule has 3 aromatic rings. The molecule has 1 N–H and O–H groups in total. The highest BCUT2D eigenvalue weighted by Crippen LogP contribution is 2.31. The summed E-state index contributed by atoms with van der Waals surface area (Å²) >= 11 is 15.6. The van der Waals surface area contributed by atoms with Gasteiger partial charge in [0.2, 0.25) is 0 Å². The molecule has 2 aromatic heterocycles. The van der Waals surface area contributed by atoms with E-state index in [1.807, 2.05) is 19.2 Å². The lowest BCUT2D eigenvalue weighted by Gasteiger charge is -2.24. The highest BCUT2D eigenvalue weighted by molar-refractivity contribution is 9.10. The Balaban J connectivity index is 2.02. The molecule has 0 aliphatic rings. The molecule has 0 radical (unpaired) electrons. The van der Waals surface area contributed by atoms with Crippen LogP contribution in [-0.2, 0) is 13.6 Å². The molecule has 0 unspecified atom stereocenters. The van der Waals surface area contributed by atoms with Crippen LogP contribution in [0.3, 0.4) is 0 Å². The van der Waals surface area contributed by atoms with E-state index >= 15 is 0 Å². The molecule has 0 aliphatic heterocycles. The minimum atomic E-state index is 0.0975. The predicted octanol–water partition coefficient (Wildman–Crippen LogP) is 3.82. The number of nitrogens with zero attached hydrogens (tertiary/aromatic N) is 5. The van der Waals surface area contributed by atoms with Gasteiger partial charge < -0.3 is 10.0 Å². The number of fused-ring (bicyclic) bond motifs is 1. The minimum Gasteiger partial charge on any atom is -0.396 e. The van der Waals surface area contributed by atoms with E-state index in [4.69, 9.17) is 23.2 Å². The van der Waals surface area contributed by atoms with Crippen molar-refractivity contribution in [1.82, 2.24) is 19.7 Å². The van der Waals surface area contributed by atoms with Crippen LogP contribution in [0.15, 0.2) is 29.1 Å². The molecule has 0 atom stereocenters. The average molecular weight is 445 g/mol. The zero-order valence-corrected chi connectivity index (χ0v) is 16.6. The van der Waals surface area contributed by atoms with Gasteiger partial charge in [-0.25, -0.2) is 14.6 Å². The fourth-order valence-corrected chi connectivity index (χ4v) is 3.56. The Morgan fingerprint density at radius 2 is 2.04 bits per heavy atom. The lowest BCUT2D eigenvalue weighted by atomic mass is 10.2. The van der Waals surface area contributed by atoms with Crippen molar-refractivity contribution in [2.24, 2.45) is 7.05 Å². The number of halogens is 3. The van der Waals surface area contributed by atoms with Crippen molar-refractivity contribution < 1.29 is 5.11 Å². The van der Waals surface area contributed by atoms with Crippen molar-refractivity contribution in [3.8, 4) is 0 Å². The highest BCUT2D eigenvalue weighted by atomic mass is 79.9. The molecule has 2 heterocycles. The molecule has 0 aliphatic carbocycles. The molecule has 1 aromatic carbocycles. The van der Waals surface area contributed by atoms with Gasteiger partial charge in [-0.2, -0.15) is 5.10 Å². The quantitative estimate of drug-likeness (QED) is 0.625. The Morgan fingerprint density at radius 1 is 1.24 bits per heavy atom. The molecule has 0 bridgehead atoms. The van der Waals surface area contributed by atoms with E-state index in [-0.39, 0.29) is 6.61 Å². The standard InChI is InChI=1S/C16H16BrCl2N5O/c1-23-15-13(14(17)22-23)16(21-9-20-15)24(5-2-6-25)8-10-3-4-11(18)12(19)7-10/h3-4,7,9,25H,2,5-6,8H2,1H3. The van der Waals surface area contributed by atoms with Gasteiger partial charge in [-0.15, -0.1) is 0 Å². The molecular formula is C16H16BrCl2N5O. The second-order valence-electron chi connectivity index (χ2n) is 5.56. The van der Waals surface area contributed by atoms with E-state index in [2.05, 4.69) is 35.9 Å². The van der Waals surface area contributed by atoms with Gasteiger partial charge in [0.25, 0.3) is 0 Å². The molecule has 9 heteroatoms. The number of anilines is 1. The first-order valence-electron chi connectivity index (χ1n) is 7.64. The van der Waals surface area contributed by atoms with Crippen LogP contribution in [0.1, 0.15) is 12.0 Å². The number of hydrogen-bond acceptors (Lipinski definition) is 5. The number of benzene rings is 1. The van der Waals surface area contributed by atoms with Crippen LogP contribution in [0.4, 0.5) is 5.82 Å². The van der Waals surface area contributed by atoms with Crippen LogP contribution in [0, 0.1) is 0 Å². The third-order valence-electron chi connectivity index (χ3n) is 3.80. The van der Waals surface area contributed by atoms with Gasteiger partial charge in [-0.1, -0.05) is 29.3 Å². The van der Waals surface area contributed by atoms with Gasteiger partial charge in [-0.3, -0.25) is 0 Å². The van der Waals surface area contributed by atoms with E-state index in [1.54, 1.807) is 10.7 Å². The summed E-state index contributed by atoms with van der Waals surface area (Å²) in [5.41, 5.74) is 1.74. The lowest BCUT2D eigenvalue weighted by Crippen LogP contribution is -2.26. The summed E-state index contributed by atoms with van der Waals surface area (Å²) in [4.78, 5) is 10.8. The van der Waals surface area contributed by atoms with Gasteiger partial charge in [0.05, 0.1) is 15.4 Å². The van der Waals surface area contributed by atoms with Crippen LogP contribution < -0.4 is 4.90 Å². The second-order valence-corrected chi connectivity index (χ2v) is 7.12. The average Bonchev–Trinajstić information content (AvgIpc) is 2.89. The van der Waals surface area contributed by atoms with Crippen molar-refractivity contribution in [3.63, 3.8) is 0 Å². The Bertz CT molecular complexity index is 902. The van der Waals surface area contributed by atoms with Crippen molar-refractivity contribution in [2.75, 3.05) is 18.1 Å². The Hall–Kier alpha value is -1.41. The smallest absolute Gasteiger partial charge is 0.164 e. The van der Waals surface area contributed by atoms with Crippen molar-refractivity contribution >= 4 is 56.0 Å². The van der Waals surface area contributed by atoms with Gasteiger partial charge in [-0.05, 0) is 40.0 Å². The Morgan fingerprint density at radius 3 is 2.76 bits per heavy atom. The van der Waals surface area contributed by atoms with Crippen LogP contribution >= 0.6 is 39.1 Å². The SMILES string of the molecule is Cn1nc(Br)c2c(N(CCCO)Cc3ccc(Cl)c(Cl)c3)ncnc21. The first-order valence-corrected chi connectivity index (χ1v) is 9.19. The molecule has 0 spiro atoms. The second kappa shape index (κ2) is 7.86. The van der Waals surface area contributed by atoms with Crippen molar-refractivity contribution in [1.29, 1.82) is 0 Å².